The van der Waals surface area contributed by atoms with Crippen LogP contribution in [0.3, 0.4) is 0 Å². The van der Waals surface area contributed by atoms with Crippen molar-refractivity contribution in [3.8, 4) is 17.1 Å². The molecule has 0 saturated carbocycles. The molecule has 1 aromatic heterocycles. The third-order valence-electron chi connectivity index (χ3n) is 4.82. The number of carbonyl (C=O) groups is 2. The second kappa shape index (κ2) is 11.5. The molecule has 1 heterocycles. The maximum Gasteiger partial charge on any atom is 0.337 e. The van der Waals surface area contributed by atoms with E-state index in [0.717, 1.165) is 16.8 Å². The lowest BCUT2D eigenvalue weighted by Gasteiger charge is -2.10. The van der Waals surface area contributed by atoms with Crippen LogP contribution in [0, 0.1) is 0 Å². The van der Waals surface area contributed by atoms with Gasteiger partial charge in [0.25, 0.3) is 5.91 Å². The molecule has 4 aromatic rings. The van der Waals surface area contributed by atoms with Crippen LogP contribution >= 0.6 is 23.4 Å². The Morgan fingerprint density at radius 2 is 1.74 bits per heavy atom. The van der Waals surface area contributed by atoms with Gasteiger partial charge in [-0.15, -0.1) is 10.2 Å². The Balaban J connectivity index is 1.44. The molecule has 35 heavy (non-hydrogen) atoms. The Labute approximate surface area is 211 Å². The maximum absolute atomic E-state index is 12.4. The first-order chi connectivity index (χ1) is 17.0. The third-order valence-corrected chi connectivity index (χ3v) is 6.00. The smallest absolute Gasteiger partial charge is 0.337 e. The van der Waals surface area contributed by atoms with Gasteiger partial charge in [0.15, 0.2) is 11.0 Å². The number of ether oxygens (including phenoxy) is 1. The molecule has 8 nitrogen and oxygen atoms in total. The number of hydrogen-bond donors (Lipinski definition) is 1. The number of esters is 1. The standard InChI is InChI=1S/C25H20ClN5O3S/c1-34-24(33)19-9-7-17(8-10-19)15-27-28-22(32)16-35-25-30-29-23(18-5-3-2-4-6-18)31(25)21-13-11-20(26)12-14-21/h2-15H,16H2,1H3,(H,28,32)/b27-15+. The molecule has 0 aliphatic rings. The molecule has 176 valence electrons. The van der Waals surface area contributed by atoms with Crippen molar-refractivity contribution in [2.75, 3.05) is 12.9 Å². The lowest BCUT2D eigenvalue weighted by Crippen LogP contribution is -2.20. The van der Waals surface area contributed by atoms with Gasteiger partial charge in [0, 0.05) is 16.3 Å². The fourth-order valence-corrected chi connectivity index (χ4v) is 4.00. The molecular weight excluding hydrogens is 486 g/mol. The monoisotopic (exact) mass is 505 g/mol. The molecule has 0 aliphatic carbocycles. The number of amides is 1. The Kier molecular flexibility index (Phi) is 7.92. The van der Waals surface area contributed by atoms with Gasteiger partial charge in [0.2, 0.25) is 0 Å². The third kappa shape index (κ3) is 6.14. The minimum atomic E-state index is -0.416. The molecule has 1 amide bonds. The number of hydrogen-bond acceptors (Lipinski definition) is 7. The number of aromatic nitrogens is 3. The average molecular weight is 506 g/mol. The van der Waals surface area contributed by atoms with Gasteiger partial charge in [0.1, 0.15) is 0 Å². The number of methoxy groups -OCH3 is 1. The van der Waals surface area contributed by atoms with Gasteiger partial charge >= 0.3 is 5.97 Å². The summed E-state index contributed by atoms with van der Waals surface area (Å²) in [5.41, 5.74) is 5.38. The predicted molar refractivity (Wildman–Crippen MR) is 136 cm³/mol. The van der Waals surface area contributed by atoms with Crippen molar-refractivity contribution in [1.82, 2.24) is 20.2 Å². The van der Waals surface area contributed by atoms with Crippen LogP contribution in [-0.2, 0) is 9.53 Å². The van der Waals surface area contributed by atoms with Crippen LogP contribution in [0.5, 0.6) is 0 Å². The van der Waals surface area contributed by atoms with E-state index in [1.807, 2.05) is 47.0 Å². The number of rotatable bonds is 8. The summed E-state index contributed by atoms with van der Waals surface area (Å²) >= 11 is 7.30. The van der Waals surface area contributed by atoms with Gasteiger partial charge in [-0.2, -0.15) is 5.10 Å². The Hall–Kier alpha value is -3.95. The number of thioether (sulfide) groups is 1. The lowest BCUT2D eigenvalue weighted by atomic mass is 10.1. The summed E-state index contributed by atoms with van der Waals surface area (Å²) in [6, 6.07) is 23.7. The number of hydrazone groups is 1. The minimum Gasteiger partial charge on any atom is -0.465 e. The van der Waals surface area contributed by atoms with E-state index in [2.05, 4.69) is 25.5 Å². The number of benzene rings is 3. The highest BCUT2D eigenvalue weighted by molar-refractivity contribution is 7.99. The maximum atomic E-state index is 12.4. The first-order valence-electron chi connectivity index (χ1n) is 10.4. The molecule has 10 heteroatoms. The van der Waals surface area contributed by atoms with Crippen molar-refractivity contribution >= 4 is 41.5 Å². The molecule has 0 saturated heterocycles. The summed E-state index contributed by atoms with van der Waals surface area (Å²) in [5, 5.41) is 13.8. The zero-order chi connectivity index (χ0) is 24.6. The van der Waals surface area contributed by atoms with E-state index in [0.29, 0.717) is 21.6 Å². The van der Waals surface area contributed by atoms with Crippen LogP contribution in [0.2, 0.25) is 5.02 Å². The summed E-state index contributed by atoms with van der Waals surface area (Å²) in [4.78, 5) is 23.9. The molecule has 0 radical (unpaired) electrons. The summed E-state index contributed by atoms with van der Waals surface area (Å²) in [7, 11) is 1.33. The van der Waals surface area contributed by atoms with Crippen molar-refractivity contribution in [3.63, 3.8) is 0 Å². The van der Waals surface area contributed by atoms with Crippen molar-refractivity contribution < 1.29 is 14.3 Å². The van der Waals surface area contributed by atoms with Crippen molar-refractivity contribution in [3.05, 3.63) is 95.0 Å². The summed E-state index contributed by atoms with van der Waals surface area (Å²) in [6.07, 6.45) is 1.49. The second-order valence-electron chi connectivity index (χ2n) is 7.18. The normalized spacial score (nSPS) is 10.9. The molecule has 0 fully saturated rings. The number of nitrogens with one attached hydrogen (secondary N) is 1. The highest BCUT2D eigenvalue weighted by Crippen LogP contribution is 2.28. The summed E-state index contributed by atoms with van der Waals surface area (Å²) in [6.45, 7) is 0. The number of halogens is 1. The molecule has 0 unspecified atom stereocenters. The van der Waals surface area contributed by atoms with Gasteiger partial charge in [-0.3, -0.25) is 9.36 Å². The Bertz CT molecular complexity index is 1340. The van der Waals surface area contributed by atoms with E-state index < -0.39 is 5.97 Å². The molecule has 0 spiro atoms. The second-order valence-corrected chi connectivity index (χ2v) is 8.56. The van der Waals surface area contributed by atoms with Crippen LogP contribution in [0.4, 0.5) is 0 Å². The fourth-order valence-electron chi connectivity index (χ4n) is 3.12. The molecule has 4 rings (SSSR count). The molecular formula is C25H20ClN5O3S. The highest BCUT2D eigenvalue weighted by Gasteiger charge is 2.17. The van der Waals surface area contributed by atoms with Gasteiger partial charge in [-0.25, -0.2) is 10.2 Å². The first kappa shape index (κ1) is 24.2. The SMILES string of the molecule is COC(=O)c1ccc(/C=N/NC(=O)CSc2nnc(-c3ccccc3)n2-c2ccc(Cl)cc2)cc1. The van der Waals surface area contributed by atoms with Crippen LogP contribution in [0.1, 0.15) is 15.9 Å². The minimum absolute atomic E-state index is 0.0825. The number of nitrogens with zero attached hydrogens (tertiary/aromatic N) is 4. The van der Waals surface area contributed by atoms with Crippen molar-refractivity contribution in [1.29, 1.82) is 0 Å². The Morgan fingerprint density at radius 1 is 1.03 bits per heavy atom. The van der Waals surface area contributed by atoms with Gasteiger partial charge < -0.3 is 4.74 Å². The van der Waals surface area contributed by atoms with Crippen molar-refractivity contribution in [2.45, 2.75) is 5.16 Å². The van der Waals surface area contributed by atoms with Crippen LogP contribution < -0.4 is 5.43 Å². The van der Waals surface area contributed by atoms with Gasteiger partial charge in [-0.1, -0.05) is 65.8 Å². The first-order valence-corrected chi connectivity index (χ1v) is 11.8. The number of carbonyl (C=O) groups excluding carboxylic acids is 2. The molecule has 3 aromatic carbocycles. The van der Waals surface area contributed by atoms with Crippen molar-refractivity contribution in [2.24, 2.45) is 5.10 Å². The summed E-state index contributed by atoms with van der Waals surface area (Å²) < 4.78 is 6.56. The van der Waals surface area contributed by atoms with E-state index in [1.165, 1.54) is 25.1 Å². The highest BCUT2D eigenvalue weighted by atomic mass is 35.5. The molecule has 1 N–H and O–H groups in total. The zero-order valence-corrected chi connectivity index (χ0v) is 20.2. The van der Waals surface area contributed by atoms with Crippen LogP contribution in [0.15, 0.2) is 89.1 Å². The van der Waals surface area contributed by atoms with E-state index in [9.17, 15) is 9.59 Å². The largest absolute Gasteiger partial charge is 0.465 e. The van der Waals surface area contributed by atoms with E-state index in [1.54, 1.807) is 36.4 Å². The predicted octanol–water partition coefficient (Wildman–Crippen LogP) is 4.62. The van der Waals surface area contributed by atoms with Gasteiger partial charge in [-0.05, 0) is 42.0 Å². The topological polar surface area (TPSA) is 98.5 Å². The molecule has 0 atom stereocenters. The van der Waals surface area contributed by atoms with E-state index >= 15 is 0 Å². The van der Waals surface area contributed by atoms with Crippen LogP contribution in [-0.4, -0.2) is 45.7 Å². The Morgan fingerprint density at radius 3 is 2.43 bits per heavy atom. The average Bonchev–Trinajstić information content (AvgIpc) is 3.32. The fraction of sp³-hybridized carbons (Fsp3) is 0.0800. The van der Waals surface area contributed by atoms with Gasteiger partial charge in [0.05, 0.1) is 24.6 Å². The molecule has 0 bridgehead atoms. The van der Waals surface area contributed by atoms with Crippen LogP contribution in [0.25, 0.3) is 17.1 Å². The lowest BCUT2D eigenvalue weighted by molar-refractivity contribution is -0.118. The molecule has 0 aliphatic heterocycles. The summed E-state index contributed by atoms with van der Waals surface area (Å²) in [5.74, 6) is 0.0216. The quantitative estimate of drug-likeness (QED) is 0.162. The van der Waals surface area contributed by atoms with E-state index in [-0.39, 0.29) is 11.7 Å². The van der Waals surface area contributed by atoms with E-state index in [4.69, 9.17) is 11.6 Å². The zero-order valence-electron chi connectivity index (χ0n) is 18.6.